The molecule has 3 aromatic carbocycles. The Bertz CT molecular complexity index is 1180. The van der Waals surface area contributed by atoms with Crippen molar-refractivity contribution in [1.82, 2.24) is 10.1 Å². The number of fused-ring (bicyclic) bond motifs is 2. The molecular weight excluding hydrogens is 364 g/mol. The van der Waals surface area contributed by atoms with Crippen LogP contribution in [0.2, 0.25) is 0 Å². The molecule has 4 aromatic rings. The average molecular weight is 384 g/mol. The van der Waals surface area contributed by atoms with E-state index < -0.39 is 6.10 Å². The second-order valence-corrected chi connectivity index (χ2v) is 7.28. The summed E-state index contributed by atoms with van der Waals surface area (Å²) in [5.74, 6) is 0.512. The molecule has 0 saturated carbocycles. The topological polar surface area (TPSA) is 66.6 Å². The lowest BCUT2D eigenvalue weighted by Gasteiger charge is -2.28. The van der Waals surface area contributed by atoms with Crippen LogP contribution in [0.4, 0.5) is 0 Å². The lowest BCUT2D eigenvalue weighted by atomic mass is 9.96. The van der Waals surface area contributed by atoms with Crippen LogP contribution in [-0.4, -0.2) is 27.6 Å². The standard InChI is InChI=1S/C24H20N2O3/c27-23(17-8-2-1-3-9-17)24(28)26-14-13-21-20(15-26)22(25-29-21)19-12-6-10-16-7-4-5-11-18(16)19/h1-12,23,27H,13-15H2/t23-/m1/s1. The molecule has 2 heterocycles. The molecule has 0 unspecified atom stereocenters. The second kappa shape index (κ2) is 7.18. The largest absolute Gasteiger partial charge is 0.378 e. The molecule has 0 spiro atoms. The summed E-state index contributed by atoms with van der Waals surface area (Å²) in [6.07, 6.45) is -0.584. The van der Waals surface area contributed by atoms with Crippen molar-refractivity contribution in [1.29, 1.82) is 0 Å². The molecule has 5 rings (SSSR count). The van der Waals surface area contributed by atoms with Gasteiger partial charge >= 0.3 is 0 Å². The van der Waals surface area contributed by atoms with Crippen molar-refractivity contribution in [2.75, 3.05) is 6.54 Å². The Hall–Kier alpha value is -3.44. The summed E-state index contributed by atoms with van der Waals surface area (Å²) in [6.45, 7) is 0.875. The minimum absolute atomic E-state index is 0.299. The van der Waals surface area contributed by atoms with Gasteiger partial charge in [-0.2, -0.15) is 0 Å². The average Bonchev–Trinajstić information content (AvgIpc) is 3.21. The monoisotopic (exact) mass is 384 g/mol. The molecule has 1 amide bonds. The number of carbonyl (C=O) groups excluding carboxylic acids is 1. The highest BCUT2D eigenvalue weighted by Crippen LogP contribution is 2.34. The van der Waals surface area contributed by atoms with Crippen molar-refractivity contribution in [2.45, 2.75) is 19.1 Å². The highest BCUT2D eigenvalue weighted by molar-refractivity contribution is 5.96. The van der Waals surface area contributed by atoms with E-state index in [0.29, 0.717) is 25.1 Å². The van der Waals surface area contributed by atoms with Gasteiger partial charge in [-0.1, -0.05) is 78.0 Å². The maximum absolute atomic E-state index is 12.9. The van der Waals surface area contributed by atoms with Crippen molar-refractivity contribution in [2.24, 2.45) is 0 Å². The van der Waals surface area contributed by atoms with E-state index >= 15 is 0 Å². The minimum atomic E-state index is -1.17. The van der Waals surface area contributed by atoms with E-state index in [9.17, 15) is 9.90 Å². The number of hydrogen-bond donors (Lipinski definition) is 1. The molecule has 1 atom stereocenters. The van der Waals surface area contributed by atoms with Crippen LogP contribution in [0.25, 0.3) is 22.0 Å². The molecule has 5 heteroatoms. The molecule has 1 N–H and O–H groups in total. The maximum atomic E-state index is 12.9. The number of nitrogens with zero attached hydrogens (tertiary/aromatic N) is 2. The van der Waals surface area contributed by atoms with Crippen LogP contribution in [0.5, 0.6) is 0 Å². The number of rotatable bonds is 3. The van der Waals surface area contributed by atoms with Crippen molar-refractivity contribution >= 4 is 16.7 Å². The molecule has 0 bridgehead atoms. The Morgan fingerprint density at radius 2 is 1.76 bits per heavy atom. The third-order valence-corrected chi connectivity index (χ3v) is 5.53. The molecule has 144 valence electrons. The zero-order chi connectivity index (χ0) is 19.8. The van der Waals surface area contributed by atoms with E-state index in [-0.39, 0.29) is 5.91 Å². The van der Waals surface area contributed by atoms with Crippen LogP contribution in [0.3, 0.4) is 0 Å². The summed E-state index contributed by atoms with van der Waals surface area (Å²) in [6, 6.07) is 23.3. The third-order valence-electron chi connectivity index (χ3n) is 5.53. The zero-order valence-electron chi connectivity index (χ0n) is 15.8. The fourth-order valence-electron chi connectivity index (χ4n) is 3.99. The van der Waals surface area contributed by atoms with Gasteiger partial charge in [-0.15, -0.1) is 0 Å². The highest BCUT2D eigenvalue weighted by atomic mass is 16.5. The molecule has 0 fully saturated rings. The summed E-state index contributed by atoms with van der Waals surface area (Å²) in [7, 11) is 0. The number of benzene rings is 3. The van der Waals surface area contributed by atoms with Gasteiger partial charge in [-0.25, -0.2) is 0 Å². The van der Waals surface area contributed by atoms with Crippen LogP contribution < -0.4 is 0 Å². The number of aromatic nitrogens is 1. The summed E-state index contributed by atoms with van der Waals surface area (Å²) in [5.41, 5.74) is 3.28. The molecule has 0 aliphatic carbocycles. The minimum Gasteiger partial charge on any atom is -0.378 e. The number of aliphatic hydroxyl groups excluding tert-OH is 1. The Kier molecular flexibility index (Phi) is 4.37. The SMILES string of the molecule is O=C([C@H](O)c1ccccc1)N1CCc2onc(-c3cccc4ccccc34)c2C1. The summed E-state index contributed by atoms with van der Waals surface area (Å²) in [5, 5.41) is 17.1. The van der Waals surface area contributed by atoms with Gasteiger partial charge in [0.25, 0.3) is 5.91 Å². The van der Waals surface area contributed by atoms with E-state index in [4.69, 9.17) is 4.52 Å². The zero-order valence-corrected chi connectivity index (χ0v) is 15.8. The third kappa shape index (κ3) is 3.09. The Morgan fingerprint density at radius 1 is 1.00 bits per heavy atom. The molecule has 0 radical (unpaired) electrons. The molecule has 5 nitrogen and oxygen atoms in total. The van der Waals surface area contributed by atoms with Crippen molar-refractivity contribution < 1.29 is 14.4 Å². The maximum Gasteiger partial charge on any atom is 0.256 e. The number of amides is 1. The van der Waals surface area contributed by atoms with Gasteiger partial charge < -0.3 is 14.5 Å². The Labute approximate surface area is 168 Å². The van der Waals surface area contributed by atoms with E-state index in [1.165, 1.54) is 0 Å². The predicted octanol–water partition coefficient (Wildman–Crippen LogP) is 4.11. The van der Waals surface area contributed by atoms with Crippen LogP contribution in [0, 0.1) is 0 Å². The molecule has 29 heavy (non-hydrogen) atoms. The fourth-order valence-corrected chi connectivity index (χ4v) is 3.99. The highest BCUT2D eigenvalue weighted by Gasteiger charge is 2.31. The van der Waals surface area contributed by atoms with Gasteiger partial charge in [-0.05, 0) is 16.3 Å². The van der Waals surface area contributed by atoms with Gasteiger partial charge in [-0.3, -0.25) is 4.79 Å². The molecule has 0 saturated heterocycles. The summed E-state index contributed by atoms with van der Waals surface area (Å²) < 4.78 is 5.61. The predicted molar refractivity (Wildman–Crippen MR) is 110 cm³/mol. The number of aliphatic hydroxyl groups is 1. The molecule has 1 aliphatic heterocycles. The van der Waals surface area contributed by atoms with Gasteiger partial charge in [0.2, 0.25) is 0 Å². The molecule has 1 aromatic heterocycles. The van der Waals surface area contributed by atoms with E-state index in [2.05, 4.69) is 23.4 Å². The summed E-state index contributed by atoms with van der Waals surface area (Å²) in [4.78, 5) is 14.6. The first-order valence-electron chi connectivity index (χ1n) is 9.70. The first kappa shape index (κ1) is 17.6. The lowest BCUT2D eigenvalue weighted by Crippen LogP contribution is -2.38. The lowest BCUT2D eigenvalue weighted by molar-refractivity contribution is -0.141. The first-order valence-corrected chi connectivity index (χ1v) is 9.70. The number of carbonyl (C=O) groups is 1. The molecular formula is C24H20N2O3. The molecule has 1 aliphatic rings. The Morgan fingerprint density at radius 3 is 2.62 bits per heavy atom. The van der Waals surface area contributed by atoms with Gasteiger partial charge in [0.15, 0.2) is 6.10 Å². The van der Waals surface area contributed by atoms with Crippen molar-refractivity contribution in [3.05, 3.63) is 89.7 Å². The quantitative estimate of drug-likeness (QED) is 0.577. The normalized spacial score (nSPS) is 14.6. The smallest absolute Gasteiger partial charge is 0.256 e. The first-order chi connectivity index (χ1) is 14.2. The summed E-state index contributed by atoms with van der Waals surface area (Å²) >= 11 is 0. The van der Waals surface area contributed by atoms with E-state index in [1.807, 2.05) is 42.5 Å². The van der Waals surface area contributed by atoms with E-state index in [1.54, 1.807) is 17.0 Å². The van der Waals surface area contributed by atoms with Gasteiger partial charge in [0.1, 0.15) is 11.5 Å². The van der Waals surface area contributed by atoms with Crippen molar-refractivity contribution in [3.8, 4) is 11.3 Å². The second-order valence-electron chi connectivity index (χ2n) is 7.28. The van der Waals surface area contributed by atoms with Crippen LogP contribution in [0.15, 0.2) is 77.3 Å². The van der Waals surface area contributed by atoms with Gasteiger partial charge in [0.05, 0.1) is 6.54 Å². The fraction of sp³-hybridized carbons (Fsp3) is 0.167. The van der Waals surface area contributed by atoms with Gasteiger partial charge in [0, 0.05) is 24.1 Å². The van der Waals surface area contributed by atoms with E-state index in [0.717, 1.165) is 33.4 Å². The van der Waals surface area contributed by atoms with Crippen LogP contribution in [-0.2, 0) is 17.8 Å². The number of hydrogen-bond acceptors (Lipinski definition) is 4. The van der Waals surface area contributed by atoms with Crippen LogP contribution in [0.1, 0.15) is 23.0 Å². The van der Waals surface area contributed by atoms with Crippen LogP contribution >= 0.6 is 0 Å². The van der Waals surface area contributed by atoms with Crippen molar-refractivity contribution in [3.63, 3.8) is 0 Å². The Balaban J connectivity index is 1.48.